The highest BCUT2D eigenvalue weighted by molar-refractivity contribution is 7.12. The molecule has 3 aromatic rings. The van der Waals surface area contributed by atoms with E-state index in [1.54, 1.807) is 13.3 Å². The molecule has 1 aromatic carbocycles. The lowest BCUT2D eigenvalue weighted by Crippen LogP contribution is -2.44. The van der Waals surface area contributed by atoms with Gasteiger partial charge in [0.25, 0.3) is 5.91 Å². The Morgan fingerprint density at radius 2 is 2.00 bits per heavy atom. The second kappa shape index (κ2) is 10.1. The van der Waals surface area contributed by atoms with Gasteiger partial charge in [-0.1, -0.05) is 12.1 Å². The van der Waals surface area contributed by atoms with Crippen molar-refractivity contribution in [2.75, 3.05) is 14.2 Å². The number of aromatic nitrogens is 1. The summed E-state index contributed by atoms with van der Waals surface area (Å²) in [6.45, 7) is 0.523. The molecule has 0 radical (unpaired) electrons. The average molecular weight is 436 g/mol. The zero-order valence-electron chi connectivity index (χ0n) is 18.1. The molecule has 0 atom stereocenters. The Hall–Kier alpha value is -2.70. The number of ether oxygens (including phenoxy) is 1. The number of amides is 1. The number of hydrogen-bond acceptors (Lipinski definition) is 5. The Bertz CT molecular complexity index is 983. The number of methoxy groups -OCH3 is 1. The van der Waals surface area contributed by atoms with Gasteiger partial charge >= 0.3 is 0 Å². The van der Waals surface area contributed by atoms with Gasteiger partial charge in [0, 0.05) is 36.0 Å². The Kier molecular flexibility index (Phi) is 6.99. The molecule has 2 aromatic heterocycles. The predicted octanol–water partition coefficient (Wildman–Crippen LogP) is 4.99. The third kappa shape index (κ3) is 4.97. The van der Waals surface area contributed by atoms with Crippen molar-refractivity contribution >= 4 is 17.2 Å². The zero-order valence-corrected chi connectivity index (χ0v) is 18.9. The predicted molar refractivity (Wildman–Crippen MR) is 126 cm³/mol. The molecule has 0 spiro atoms. The Morgan fingerprint density at radius 3 is 2.65 bits per heavy atom. The third-order valence-electron chi connectivity index (χ3n) is 6.12. The summed E-state index contributed by atoms with van der Waals surface area (Å²) in [5.41, 5.74) is 2.95. The number of hydrogen-bond donors (Lipinski definition) is 1. The number of pyridine rings is 1. The van der Waals surface area contributed by atoms with Gasteiger partial charge in [-0.25, -0.2) is 0 Å². The van der Waals surface area contributed by atoms with Crippen LogP contribution in [0.25, 0.3) is 11.3 Å². The maximum Gasteiger partial charge on any atom is 0.264 e. The van der Waals surface area contributed by atoms with Gasteiger partial charge in [0.15, 0.2) is 0 Å². The molecule has 1 fully saturated rings. The van der Waals surface area contributed by atoms with E-state index < -0.39 is 0 Å². The SMILES string of the molecule is CNC1CCC(N(Cc2cc(-c3ccccn3)ccc2OC)C(=O)c2cccs2)CC1. The van der Waals surface area contributed by atoms with Crippen LogP contribution in [0.5, 0.6) is 5.75 Å². The first kappa shape index (κ1) is 21.5. The smallest absolute Gasteiger partial charge is 0.264 e. The van der Waals surface area contributed by atoms with E-state index in [-0.39, 0.29) is 11.9 Å². The van der Waals surface area contributed by atoms with Crippen LogP contribution in [0.2, 0.25) is 0 Å². The molecular weight excluding hydrogens is 406 g/mol. The average Bonchev–Trinajstić information content (AvgIpc) is 3.38. The number of carbonyl (C=O) groups excluding carboxylic acids is 1. The Balaban J connectivity index is 1.65. The third-order valence-corrected chi connectivity index (χ3v) is 6.98. The quantitative estimate of drug-likeness (QED) is 0.568. The minimum Gasteiger partial charge on any atom is -0.496 e. The van der Waals surface area contributed by atoms with E-state index in [9.17, 15) is 4.79 Å². The Labute approximate surface area is 188 Å². The molecule has 0 bridgehead atoms. The van der Waals surface area contributed by atoms with Gasteiger partial charge in [0.2, 0.25) is 0 Å². The molecule has 5 nitrogen and oxygen atoms in total. The van der Waals surface area contributed by atoms with E-state index in [0.29, 0.717) is 12.6 Å². The monoisotopic (exact) mass is 435 g/mol. The maximum absolute atomic E-state index is 13.5. The van der Waals surface area contributed by atoms with Crippen LogP contribution in [0, 0.1) is 0 Å². The molecule has 1 amide bonds. The fraction of sp³-hybridized carbons (Fsp3) is 0.360. The van der Waals surface area contributed by atoms with Gasteiger partial charge in [-0.2, -0.15) is 0 Å². The lowest BCUT2D eigenvalue weighted by molar-refractivity contribution is 0.0604. The maximum atomic E-state index is 13.5. The molecule has 1 saturated carbocycles. The van der Waals surface area contributed by atoms with Crippen LogP contribution in [0.1, 0.15) is 40.9 Å². The van der Waals surface area contributed by atoms with Crippen LogP contribution in [-0.4, -0.2) is 42.0 Å². The van der Waals surface area contributed by atoms with Crippen molar-refractivity contribution in [3.8, 4) is 17.0 Å². The van der Waals surface area contributed by atoms with E-state index in [1.165, 1.54) is 11.3 Å². The normalized spacial score (nSPS) is 18.5. The van der Waals surface area contributed by atoms with Crippen molar-refractivity contribution in [1.29, 1.82) is 0 Å². The minimum atomic E-state index is 0.105. The summed E-state index contributed by atoms with van der Waals surface area (Å²) in [5, 5.41) is 5.35. The number of rotatable bonds is 7. The number of carbonyl (C=O) groups is 1. The summed E-state index contributed by atoms with van der Waals surface area (Å²) in [7, 11) is 3.70. The lowest BCUT2D eigenvalue weighted by Gasteiger charge is -2.37. The molecule has 4 rings (SSSR count). The molecule has 1 N–H and O–H groups in total. The molecule has 0 aliphatic heterocycles. The van der Waals surface area contributed by atoms with Crippen molar-refractivity contribution in [3.05, 3.63) is 70.5 Å². The van der Waals surface area contributed by atoms with E-state index >= 15 is 0 Å². The van der Waals surface area contributed by atoms with E-state index in [4.69, 9.17) is 4.74 Å². The van der Waals surface area contributed by atoms with Gasteiger partial charge in [0.1, 0.15) is 5.75 Å². The summed E-state index contributed by atoms with van der Waals surface area (Å²) in [4.78, 5) is 20.8. The number of nitrogens with zero attached hydrogens (tertiary/aromatic N) is 2. The number of thiophene rings is 1. The highest BCUT2D eigenvalue weighted by atomic mass is 32.1. The Morgan fingerprint density at radius 1 is 1.16 bits per heavy atom. The van der Waals surface area contributed by atoms with Gasteiger partial charge in [-0.05, 0) is 74.5 Å². The van der Waals surface area contributed by atoms with Crippen LogP contribution >= 0.6 is 11.3 Å². The van der Waals surface area contributed by atoms with Gasteiger partial charge < -0.3 is 15.0 Å². The fourth-order valence-electron chi connectivity index (χ4n) is 4.36. The molecule has 31 heavy (non-hydrogen) atoms. The lowest BCUT2D eigenvalue weighted by atomic mass is 9.89. The molecule has 6 heteroatoms. The first-order chi connectivity index (χ1) is 15.2. The van der Waals surface area contributed by atoms with Gasteiger partial charge in [-0.3, -0.25) is 9.78 Å². The highest BCUT2D eigenvalue weighted by Gasteiger charge is 2.30. The summed E-state index contributed by atoms with van der Waals surface area (Å²) < 4.78 is 5.66. The van der Waals surface area contributed by atoms with Crippen molar-refractivity contribution in [3.63, 3.8) is 0 Å². The minimum absolute atomic E-state index is 0.105. The molecule has 0 unspecified atom stereocenters. The fourth-order valence-corrected chi connectivity index (χ4v) is 5.04. The first-order valence-corrected chi connectivity index (χ1v) is 11.7. The van der Waals surface area contributed by atoms with Gasteiger partial charge in [-0.15, -0.1) is 11.3 Å². The highest BCUT2D eigenvalue weighted by Crippen LogP contribution is 2.31. The second-order valence-corrected chi connectivity index (χ2v) is 8.89. The summed E-state index contributed by atoms with van der Waals surface area (Å²) in [6.07, 6.45) is 5.98. The second-order valence-electron chi connectivity index (χ2n) is 7.95. The number of benzene rings is 1. The van der Waals surface area contributed by atoms with Crippen LogP contribution in [0.3, 0.4) is 0 Å². The van der Waals surface area contributed by atoms with Crippen LogP contribution in [0.15, 0.2) is 60.1 Å². The van der Waals surface area contributed by atoms with E-state index in [2.05, 4.69) is 21.3 Å². The van der Waals surface area contributed by atoms with Crippen LogP contribution in [-0.2, 0) is 6.54 Å². The molecule has 162 valence electrons. The molecule has 0 saturated heterocycles. The molecule has 1 aliphatic carbocycles. The summed E-state index contributed by atoms with van der Waals surface area (Å²) >= 11 is 1.50. The molecule has 2 heterocycles. The van der Waals surface area contributed by atoms with Crippen molar-refractivity contribution in [2.45, 2.75) is 44.3 Å². The summed E-state index contributed by atoms with van der Waals surface area (Å²) in [5.74, 6) is 0.903. The number of nitrogens with one attached hydrogen (secondary N) is 1. The first-order valence-electron chi connectivity index (χ1n) is 10.8. The topological polar surface area (TPSA) is 54.5 Å². The largest absolute Gasteiger partial charge is 0.496 e. The van der Waals surface area contributed by atoms with E-state index in [1.807, 2.05) is 54.9 Å². The van der Waals surface area contributed by atoms with Crippen molar-refractivity contribution in [1.82, 2.24) is 15.2 Å². The zero-order chi connectivity index (χ0) is 21.6. The van der Waals surface area contributed by atoms with Crippen molar-refractivity contribution in [2.24, 2.45) is 0 Å². The van der Waals surface area contributed by atoms with Crippen LogP contribution in [0.4, 0.5) is 0 Å². The standard InChI is InChI=1S/C25H29N3O2S/c1-26-20-9-11-21(12-10-20)28(25(29)24-7-5-15-31-24)17-19-16-18(8-13-23(19)30-2)22-6-3-4-14-27-22/h3-8,13-16,20-21,26H,9-12,17H2,1-2H3. The molecule has 1 aliphatic rings. The van der Waals surface area contributed by atoms with E-state index in [0.717, 1.165) is 53.1 Å². The molecular formula is C25H29N3O2S. The van der Waals surface area contributed by atoms with Crippen LogP contribution < -0.4 is 10.1 Å². The van der Waals surface area contributed by atoms with Crippen molar-refractivity contribution < 1.29 is 9.53 Å². The van der Waals surface area contributed by atoms with Gasteiger partial charge in [0.05, 0.1) is 17.7 Å². The summed E-state index contributed by atoms with van der Waals surface area (Å²) in [6, 6.07) is 16.6.